The molecule has 0 fully saturated rings. The second-order valence-corrected chi connectivity index (χ2v) is 5.50. The fourth-order valence-electron chi connectivity index (χ4n) is 1.84. The Morgan fingerprint density at radius 2 is 1.86 bits per heavy atom. The summed E-state index contributed by atoms with van der Waals surface area (Å²) in [5, 5.41) is 9.17. The summed E-state index contributed by atoms with van der Waals surface area (Å²) in [6, 6.07) is 11.7. The van der Waals surface area contributed by atoms with Crippen LogP contribution < -0.4 is 10.5 Å². The Labute approximate surface area is 134 Å². The Balaban J connectivity index is 2.25. The van der Waals surface area contributed by atoms with Gasteiger partial charge in [0.2, 0.25) is 5.91 Å². The first-order valence-corrected chi connectivity index (χ1v) is 7.10. The van der Waals surface area contributed by atoms with Crippen molar-refractivity contribution in [3.8, 4) is 5.75 Å². The summed E-state index contributed by atoms with van der Waals surface area (Å²) >= 11 is 2.03. The zero-order valence-corrected chi connectivity index (χ0v) is 13.0. The van der Waals surface area contributed by atoms with Crippen molar-refractivity contribution in [2.75, 3.05) is 0 Å². The van der Waals surface area contributed by atoms with E-state index in [9.17, 15) is 14.7 Å². The average Bonchev–Trinajstić information content (AvgIpc) is 2.46. The van der Waals surface area contributed by atoms with Crippen LogP contribution in [0.1, 0.15) is 26.3 Å². The average molecular weight is 397 g/mol. The van der Waals surface area contributed by atoms with E-state index in [4.69, 9.17) is 10.5 Å². The van der Waals surface area contributed by atoms with E-state index in [-0.39, 0.29) is 17.9 Å². The predicted molar refractivity (Wildman–Crippen MR) is 85.4 cm³/mol. The Bertz CT molecular complexity index is 700. The summed E-state index contributed by atoms with van der Waals surface area (Å²) in [6.07, 6.45) is 0. The molecule has 0 heterocycles. The van der Waals surface area contributed by atoms with E-state index in [1.807, 2.05) is 22.6 Å². The summed E-state index contributed by atoms with van der Waals surface area (Å²) in [5.41, 5.74) is 6.35. The number of primary amides is 1. The molecule has 0 aromatic heterocycles. The number of carbonyl (C=O) groups excluding carboxylic acids is 1. The maximum absolute atomic E-state index is 11.3. The van der Waals surface area contributed by atoms with Crippen molar-refractivity contribution >= 4 is 34.5 Å². The van der Waals surface area contributed by atoms with Crippen molar-refractivity contribution in [2.45, 2.75) is 6.61 Å². The molecule has 0 atom stereocenters. The number of carbonyl (C=O) groups is 2. The van der Waals surface area contributed by atoms with Crippen LogP contribution >= 0.6 is 22.6 Å². The SMILES string of the molecule is NC(=O)c1ccccc1COc1ccc(I)cc1C(=O)O. The standard InChI is InChI=1S/C15H12INO4/c16-10-5-6-13(12(7-10)15(19)20)21-8-9-3-1-2-4-11(9)14(17)18/h1-7H,8H2,(H2,17,18)(H,19,20). The first-order valence-electron chi connectivity index (χ1n) is 6.02. The van der Waals surface area contributed by atoms with Crippen LogP contribution in [0.2, 0.25) is 0 Å². The number of benzene rings is 2. The van der Waals surface area contributed by atoms with Crippen molar-refractivity contribution in [2.24, 2.45) is 5.73 Å². The lowest BCUT2D eigenvalue weighted by Crippen LogP contribution is -2.15. The van der Waals surface area contributed by atoms with Crippen molar-refractivity contribution in [1.29, 1.82) is 0 Å². The highest BCUT2D eigenvalue weighted by atomic mass is 127. The van der Waals surface area contributed by atoms with E-state index >= 15 is 0 Å². The lowest BCUT2D eigenvalue weighted by atomic mass is 10.1. The molecule has 0 bridgehead atoms. The Morgan fingerprint density at radius 1 is 1.14 bits per heavy atom. The number of carboxylic acid groups (broad SMARTS) is 1. The van der Waals surface area contributed by atoms with Crippen LogP contribution in [0.25, 0.3) is 0 Å². The molecule has 108 valence electrons. The molecule has 1 amide bonds. The highest BCUT2D eigenvalue weighted by Gasteiger charge is 2.13. The summed E-state index contributed by atoms with van der Waals surface area (Å²) in [4.78, 5) is 22.5. The van der Waals surface area contributed by atoms with Gasteiger partial charge in [0.15, 0.2) is 0 Å². The van der Waals surface area contributed by atoms with Crippen LogP contribution in [0.4, 0.5) is 0 Å². The molecule has 0 saturated carbocycles. The molecule has 21 heavy (non-hydrogen) atoms. The maximum Gasteiger partial charge on any atom is 0.339 e. The minimum absolute atomic E-state index is 0.0694. The number of amides is 1. The van der Waals surface area contributed by atoms with Crippen molar-refractivity contribution in [3.05, 3.63) is 62.7 Å². The minimum atomic E-state index is -1.06. The van der Waals surface area contributed by atoms with Crippen LogP contribution in [-0.4, -0.2) is 17.0 Å². The quantitative estimate of drug-likeness (QED) is 0.760. The van der Waals surface area contributed by atoms with Gasteiger partial charge in [-0.3, -0.25) is 4.79 Å². The zero-order chi connectivity index (χ0) is 15.4. The van der Waals surface area contributed by atoms with Gasteiger partial charge in [0.25, 0.3) is 0 Å². The van der Waals surface area contributed by atoms with Gasteiger partial charge in [-0.05, 0) is 46.9 Å². The van der Waals surface area contributed by atoms with Gasteiger partial charge >= 0.3 is 5.97 Å². The molecular weight excluding hydrogens is 385 g/mol. The topological polar surface area (TPSA) is 89.6 Å². The number of carboxylic acids is 1. The van der Waals surface area contributed by atoms with E-state index in [2.05, 4.69) is 0 Å². The zero-order valence-electron chi connectivity index (χ0n) is 10.9. The smallest absolute Gasteiger partial charge is 0.339 e. The lowest BCUT2D eigenvalue weighted by Gasteiger charge is -2.11. The van der Waals surface area contributed by atoms with Gasteiger partial charge in [0.1, 0.15) is 17.9 Å². The minimum Gasteiger partial charge on any atom is -0.488 e. The highest BCUT2D eigenvalue weighted by Crippen LogP contribution is 2.23. The van der Waals surface area contributed by atoms with Gasteiger partial charge in [-0.1, -0.05) is 18.2 Å². The second-order valence-electron chi connectivity index (χ2n) is 4.26. The fourth-order valence-corrected chi connectivity index (χ4v) is 2.33. The van der Waals surface area contributed by atoms with Crippen LogP contribution in [-0.2, 0) is 6.61 Å². The molecule has 2 aromatic carbocycles. The third-order valence-electron chi connectivity index (χ3n) is 2.84. The summed E-state index contributed by atoms with van der Waals surface area (Å²) in [6.45, 7) is 0.0694. The molecular formula is C15H12INO4. The summed E-state index contributed by atoms with van der Waals surface area (Å²) in [5.74, 6) is -1.36. The third kappa shape index (κ3) is 3.72. The van der Waals surface area contributed by atoms with Crippen molar-refractivity contribution in [3.63, 3.8) is 0 Å². The fraction of sp³-hybridized carbons (Fsp3) is 0.0667. The number of hydrogen-bond donors (Lipinski definition) is 2. The van der Waals surface area contributed by atoms with Gasteiger partial charge in [0, 0.05) is 14.7 Å². The first kappa shape index (κ1) is 15.3. The first-order chi connectivity index (χ1) is 9.99. The molecule has 3 N–H and O–H groups in total. The molecule has 0 unspecified atom stereocenters. The number of hydrogen-bond acceptors (Lipinski definition) is 3. The lowest BCUT2D eigenvalue weighted by molar-refractivity contribution is 0.0691. The highest BCUT2D eigenvalue weighted by molar-refractivity contribution is 14.1. The largest absolute Gasteiger partial charge is 0.488 e. The van der Waals surface area contributed by atoms with Gasteiger partial charge < -0.3 is 15.6 Å². The maximum atomic E-state index is 11.3. The van der Waals surface area contributed by atoms with Gasteiger partial charge in [-0.25, -0.2) is 4.79 Å². The Kier molecular flexibility index (Phi) is 4.79. The van der Waals surface area contributed by atoms with E-state index < -0.39 is 11.9 Å². The number of ether oxygens (including phenoxy) is 1. The van der Waals surface area contributed by atoms with Crippen LogP contribution in [0, 0.1) is 3.57 Å². The van der Waals surface area contributed by atoms with E-state index in [1.165, 1.54) is 6.07 Å². The van der Waals surface area contributed by atoms with E-state index in [0.717, 1.165) is 3.57 Å². The normalized spacial score (nSPS) is 10.1. The third-order valence-corrected chi connectivity index (χ3v) is 3.51. The van der Waals surface area contributed by atoms with E-state index in [0.29, 0.717) is 11.1 Å². The molecule has 0 spiro atoms. The number of aromatic carboxylic acids is 1. The van der Waals surface area contributed by atoms with Gasteiger partial charge in [0.05, 0.1) is 0 Å². The van der Waals surface area contributed by atoms with Crippen LogP contribution in [0.5, 0.6) is 5.75 Å². The van der Waals surface area contributed by atoms with E-state index in [1.54, 1.807) is 36.4 Å². The van der Waals surface area contributed by atoms with Crippen molar-refractivity contribution < 1.29 is 19.4 Å². The molecule has 6 heteroatoms. The summed E-state index contributed by atoms with van der Waals surface area (Å²) < 4.78 is 6.34. The molecule has 0 radical (unpaired) electrons. The predicted octanol–water partition coefficient (Wildman–Crippen LogP) is 2.67. The molecule has 5 nitrogen and oxygen atoms in total. The monoisotopic (exact) mass is 397 g/mol. The molecule has 0 saturated heterocycles. The van der Waals surface area contributed by atoms with Crippen LogP contribution in [0.3, 0.4) is 0 Å². The number of halogens is 1. The molecule has 2 rings (SSSR count). The summed E-state index contributed by atoms with van der Waals surface area (Å²) in [7, 11) is 0. The van der Waals surface area contributed by atoms with Gasteiger partial charge in [-0.2, -0.15) is 0 Å². The number of rotatable bonds is 5. The van der Waals surface area contributed by atoms with Gasteiger partial charge in [-0.15, -0.1) is 0 Å². The molecule has 0 aliphatic heterocycles. The van der Waals surface area contributed by atoms with Crippen molar-refractivity contribution in [1.82, 2.24) is 0 Å². The molecule has 2 aromatic rings. The second kappa shape index (κ2) is 6.57. The Hall–Kier alpha value is -2.09. The number of nitrogens with two attached hydrogens (primary N) is 1. The van der Waals surface area contributed by atoms with Crippen LogP contribution in [0.15, 0.2) is 42.5 Å². The molecule has 0 aliphatic rings. The molecule has 0 aliphatic carbocycles. The Morgan fingerprint density at radius 3 is 2.52 bits per heavy atom.